The van der Waals surface area contributed by atoms with Crippen LogP contribution in [0.1, 0.15) is 11.3 Å². The second-order valence-corrected chi connectivity index (χ2v) is 6.11. The van der Waals surface area contributed by atoms with Crippen molar-refractivity contribution in [1.82, 2.24) is 9.38 Å². The molecule has 0 saturated carbocycles. The van der Waals surface area contributed by atoms with Crippen LogP contribution in [0.25, 0.3) is 16.9 Å². The highest BCUT2D eigenvalue weighted by atomic mass is 19.1. The van der Waals surface area contributed by atoms with Crippen LogP contribution < -0.4 is 4.74 Å². The highest BCUT2D eigenvalue weighted by Crippen LogP contribution is 2.29. The van der Waals surface area contributed by atoms with Crippen LogP contribution >= 0.6 is 0 Å². The molecule has 2 heterocycles. The number of aryl methyl sites for hydroxylation is 1. The van der Waals surface area contributed by atoms with E-state index in [0.29, 0.717) is 11.4 Å². The minimum absolute atomic E-state index is 0.137. The molecule has 0 aliphatic rings. The average molecular weight is 368 g/mol. The van der Waals surface area contributed by atoms with Crippen molar-refractivity contribution in [2.75, 3.05) is 0 Å². The lowest BCUT2D eigenvalue weighted by atomic mass is 10.1. The molecule has 4 rings (SSSR count). The molecule has 0 radical (unpaired) electrons. The largest absolute Gasteiger partial charge is 0.485 e. The predicted molar refractivity (Wildman–Crippen MR) is 96.0 cm³/mol. The van der Waals surface area contributed by atoms with Gasteiger partial charge in [-0.15, -0.1) is 0 Å². The van der Waals surface area contributed by atoms with Crippen LogP contribution in [-0.2, 0) is 6.61 Å². The summed E-state index contributed by atoms with van der Waals surface area (Å²) in [4.78, 5) is 4.53. The minimum Gasteiger partial charge on any atom is -0.485 e. The third kappa shape index (κ3) is 3.14. The molecule has 2 aromatic carbocycles. The number of nitrogens with zero attached hydrogens (tertiary/aromatic N) is 2. The van der Waals surface area contributed by atoms with Crippen molar-refractivity contribution in [2.45, 2.75) is 13.5 Å². The molecule has 0 aliphatic heterocycles. The van der Waals surface area contributed by atoms with Gasteiger partial charge in [0.15, 0.2) is 11.4 Å². The number of benzene rings is 2. The van der Waals surface area contributed by atoms with E-state index in [-0.39, 0.29) is 18.0 Å². The molecule has 136 valence electrons. The standard InChI is InChI=1S/C21H15F3N2O/c1-13-20(14-7-9-15(22)10-8-14)26-11-3-6-19(21(26)25-13)27-12-16-17(23)4-2-5-18(16)24/h2-11H,12H2,1H3. The van der Waals surface area contributed by atoms with Crippen molar-refractivity contribution in [1.29, 1.82) is 0 Å². The molecule has 6 heteroatoms. The van der Waals surface area contributed by atoms with Crippen LogP contribution in [0.4, 0.5) is 13.2 Å². The van der Waals surface area contributed by atoms with Gasteiger partial charge in [0.1, 0.15) is 24.1 Å². The molecule has 4 aromatic rings. The van der Waals surface area contributed by atoms with Crippen LogP contribution in [0.3, 0.4) is 0 Å². The normalized spacial score (nSPS) is 11.1. The second kappa shape index (κ2) is 6.79. The first kappa shape index (κ1) is 17.1. The summed E-state index contributed by atoms with van der Waals surface area (Å²) < 4.78 is 48.3. The van der Waals surface area contributed by atoms with Gasteiger partial charge in [-0.25, -0.2) is 18.2 Å². The number of hydrogen-bond donors (Lipinski definition) is 0. The van der Waals surface area contributed by atoms with Crippen molar-refractivity contribution in [3.63, 3.8) is 0 Å². The smallest absolute Gasteiger partial charge is 0.180 e. The van der Waals surface area contributed by atoms with Gasteiger partial charge in [-0.3, -0.25) is 4.40 Å². The molecule has 0 saturated heterocycles. The van der Waals surface area contributed by atoms with Gasteiger partial charge in [0.2, 0.25) is 0 Å². The van der Waals surface area contributed by atoms with Gasteiger partial charge in [-0.2, -0.15) is 0 Å². The third-order valence-corrected chi connectivity index (χ3v) is 4.34. The summed E-state index contributed by atoms with van der Waals surface area (Å²) in [6.45, 7) is 1.59. The Morgan fingerprint density at radius 3 is 2.33 bits per heavy atom. The number of imidazole rings is 1. The van der Waals surface area contributed by atoms with E-state index in [2.05, 4.69) is 4.98 Å². The van der Waals surface area contributed by atoms with Gasteiger partial charge >= 0.3 is 0 Å². The molecule has 0 unspecified atom stereocenters. The van der Waals surface area contributed by atoms with Crippen molar-refractivity contribution in [2.24, 2.45) is 0 Å². The zero-order valence-electron chi connectivity index (χ0n) is 14.4. The lowest BCUT2D eigenvalue weighted by Gasteiger charge is -2.10. The summed E-state index contributed by atoms with van der Waals surface area (Å²) in [6.07, 6.45) is 1.81. The number of fused-ring (bicyclic) bond motifs is 1. The Kier molecular flexibility index (Phi) is 4.32. The zero-order chi connectivity index (χ0) is 19.0. The summed E-state index contributed by atoms with van der Waals surface area (Å²) in [6, 6.07) is 13.3. The molecule has 3 nitrogen and oxygen atoms in total. The summed E-state index contributed by atoms with van der Waals surface area (Å²) in [5, 5.41) is 0. The lowest BCUT2D eigenvalue weighted by molar-refractivity contribution is 0.294. The van der Waals surface area contributed by atoms with Crippen LogP contribution in [0.5, 0.6) is 5.75 Å². The Labute approximate surface area is 153 Å². The quantitative estimate of drug-likeness (QED) is 0.488. The van der Waals surface area contributed by atoms with Gasteiger partial charge < -0.3 is 4.74 Å². The van der Waals surface area contributed by atoms with E-state index in [1.165, 1.54) is 30.3 Å². The Morgan fingerprint density at radius 1 is 0.926 bits per heavy atom. The fraction of sp³-hybridized carbons (Fsp3) is 0.0952. The van der Waals surface area contributed by atoms with E-state index in [4.69, 9.17) is 4.74 Å². The molecular weight excluding hydrogens is 353 g/mol. The number of aromatic nitrogens is 2. The summed E-state index contributed by atoms with van der Waals surface area (Å²) in [7, 11) is 0. The SMILES string of the molecule is Cc1nc2c(OCc3c(F)cccc3F)cccn2c1-c1ccc(F)cc1. The summed E-state index contributed by atoms with van der Waals surface area (Å²) >= 11 is 0. The fourth-order valence-corrected chi connectivity index (χ4v) is 3.04. The van der Waals surface area contributed by atoms with Crippen LogP contribution in [0.2, 0.25) is 0 Å². The number of ether oxygens (including phenoxy) is 1. The molecule has 0 amide bonds. The van der Waals surface area contributed by atoms with Gasteiger partial charge in [0.25, 0.3) is 0 Å². The first-order chi connectivity index (χ1) is 13.0. The predicted octanol–water partition coefficient (Wildman–Crippen LogP) is 5.31. The maximum absolute atomic E-state index is 13.8. The van der Waals surface area contributed by atoms with Crippen molar-refractivity contribution in [3.8, 4) is 17.0 Å². The first-order valence-electron chi connectivity index (χ1n) is 8.34. The van der Waals surface area contributed by atoms with Gasteiger partial charge in [-0.1, -0.05) is 6.07 Å². The van der Waals surface area contributed by atoms with E-state index in [1.54, 1.807) is 24.3 Å². The average Bonchev–Trinajstić information content (AvgIpc) is 2.99. The lowest BCUT2D eigenvalue weighted by Crippen LogP contribution is -2.03. The topological polar surface area (TPSA) is 26.5 Å². The van der Waals surface area contributed by atoms with Gasteiger partial charge in [-0.05, 0) is 55.5 Å². The monoisotopic (exact) mass is 368 g/mol. The van der Waals surface area contributed by atoms with Crippen molar-refractivity contribution < 1.29 is 17.9 Å². The summed E-state index contributed by atoms with van der Waals surface area (Å²) in [5.74, 6) is -1.24. The Bertz CT molecular complexity index is 1100. The maximum atomic E-state index is 13.8. The van der Waals surface area contributed by atoms with Gasteiger partial charge in [0, 0.05) is 11.8 Å². The van der Waals surface area contributed by atoms with E-state index in [0.717, 1.165) is 17.0 Å². The third-order valence-electron chi connectivity index (χ3n) is 4.34. The molecule has 0 spiro atoms. The van der Waals surface area contributed by atoms with Crippen LogP contribution in [0, 0.1) is 24.4 Å². The van der Waals surface area contributed by atoms with Crippen LogP contribution in [-0.4, -0.2) is 9.38 Å². The Balaban J connectivity index is 1.73. The highest BCUT2D eigenvalue weighted by Gasteiger charge is 2.15. The molecule has 2 aromatic heterocycles. The molecular formula is C21H15F3N2O. The second-order valence-electron chi connectivity index (χ2n) is 6.11. The van der Waals surface area contributed by atoms with Crippen LogP contribution in [0.15, 0.2) is 60.8 Å². The van der Waals surface area contributed by atoms with E-state index in [9.17, 15) is 13.2 Å². The Morgan fingerprint density at radius 2 is 1.63 bits per heavy atom. The first-order valence-corrected chi connectivity index (χ1v) is 8.34. The van der Waals surface area contributed by atoms with E-state index in [1.807, 2.05) is 17.5 Å². The molecule has 0 fully saturated rings. The molecule has 0 N–H and O–H groups in total. The minimum atomic E-state index is -0.659. The van der Waals surface area contributed by atoms with E-state index < -0.39 is 11.6 Å². The van der Waals surface area contributed by atoms with Crippen molar-refractivity contribution in [3.05, 3.63) is 89.5 Å². The number of pyridine rings is 1. The number of rotatable bonds is 4. The molecule has 0 atom stereocenters. The molecule has 27 heavy (non-hydrogen) atoms. The molecule has 0 bridgehead atoms. The van der Waals surface area contributed by atoms with E-state index >= 15 is 0 Å². The summed E-state index contributed by atoms with van der Waals surface area (Å²) in [5.41, 5.74) is 2.72. The van der Waals surface area contributed by atoms with Crippen molar-refractivity contribution >= 4 is 5.65 Å². The highest BCUT2D eigenvalue weighted by molar-refractivity contribution is 5.70. The zero-order valence-corrected chi connectivity index (χ0v) is 14.4. The maximum Gasteiger partial charge on any atom is 0.180 e. The fourth-order valence-electron chi connectivity index (χ4n) is 3.04. The Hall–Kier alpha value is -3.28. The molecule has 0 aliphatic carbocycles. The number of hydrogen-bond acceptors (Lipinski definition) is 2. The number of halogens is 3. The van der Waals surface area contributed by atoms with Gasteiger partial charge in [0.05, 0.1) is 17.0 Å².